The van der Waals surface area contributed by atoms with E-state index >= 15 is 0 Å². The second kappa shape index (κ2) is 6.55. The van der Waals surface area contributed by atoms with Crippen molar-refractivity contribution in [3.63, 3.8) is 0 Å². The van der Waals surface area contributed by atoms with Crippen LogP contribution in [0.25, 0.3) is 0 Å². The average Bonchev–Trinajstić information content (AvgIpc) is 2.97. The van der Waals surface area contributed by atoms with E-state index in [9.17, 15) is 18.0 Å². The Labute approximate surface area is 151 Å². The summed E-state index contributed by atoms with van der Waals surface area (Å²) in [4.78, 5) is 16.8. The summed E-state index contributed by atoms with van der Waals surface area (Å²) in [7, 11) is 0. The van der Waals surface area contributed by atoms with E-state index in [0.717, 1.165) is 18.2 Å². The van der Waals surface area contributed by atoms with Crippen molar-refractivity contribution >= 4 is 17.5 Å². The van der Waals surface area contributed by atoms with Crippen molar-refractivity contribution in [3.05, 3.63) is 58.2 Å². The molecule has 25 heavy (non-hydrogen) atoms. The number of nitrogens with one attached hydrogen (secondary N) is 1. The van der Waals surface area contributed by atoms with Crippen LogP contribution in [0, 0.1) is 0 Å². The van der Waals surface area contributed by atoms with Crippen molar-refractivity contribution in [1.29, 1.82) is 0 Å². The van der Waals surface area contributed by atoms with Crippen LogP contribution in [-0.2, 0) is 11.0 Å². The highest BCUT2D eigenvalue weighted by Crippen LogP contribution is 2.38. The Hall–Kier alpha value is -2.28. The highest BCUT2D eigenvalue weighted by Gasteiger charge is 2.35. The molecule has 1 amide bonds. The molecule has 4 nitrogen and oxygen atoms in total. The lowest BCUT2D eigenvalue weighted by Crippen LogP contribution is -2.33. The molecule has 1 aromatic heterocycles. The van der Waals surface area contributed by atoms with E-state index in [4.69, 9.17) is 20.5 Å². The van der Waals surface area contributed by atoms with Crippen LogP contribution in [0.4, 0.5) is 13.2 Å². The number of amides is 1. The number of ether oxygens (including phenoxy) is 1. The monoisotopic (exact) mass is 373 g/mol. The third-order valence-corrected chi connectivity index (χ3v) is 4.21. The topological polar surface area (TPSA) is 51.2 Å². The number of nitrogens with zero attached hydrogens (tertiary/aromatic N) is 1. The third-order valence-electron chi connectivity index (χ3n) is 3.79. The van der Waals surface area contributed by atoms with Gasteiger partial charge in [-0.05, 0) is 30.6 Å². The van der Waals surface area contributed by atoms with Gasteiger partial charge in [0.1, 0.15) is 6.61 Å². The van der Waals surface area contributed by atoms with Gasteiger partial charge < -0.3 is 10.1 Å². The fourth-order valence-corrected chi connectivity index (χ4v) is 2.89. The summed E-state index contributed by atoms with van der Waals surface area (Å²) in [5, 5.41) is 1.71. The zero-order chi connectivity index (χ0) is 20.7. The van der Waals surface area contributed by atoms with Gasteiger partial charge in [-0.25, -0.2) is 4.98 Å². The number of alkyl halides is 3. The number of rotatable bonds is 3. The molecule has 0 bridgehead atoms. The van der Waals surface area contributed by atoms with E-state index in [2.05, 4.69) is 10.3 Å². The number of halogens is 4. The van der Waals surface area contributed by atoms with E-state index in [1.807, 2.05) is 0 Å². The molecule has 0 spiro atoms. The fraction of sp³-hybridized carbons (Fsp3) is 0.294. The molecule has 0 aliphatic carbocycles. The smallest absolute Gasteiger partial charge is 0.417 e. The molecule has 1 aromatic carbocycles. The summed E-state index contributed by atoms with van der Waals surface area (Å²) >= 11 is 5.85. The second-order valence-corrected chi connectivity index (χ2v) is 5.79. The number of aromatic nitrogens is 1. The molecule has 0 saturated carbocycles. The SMILES string of the molecule is [2H]C([2H])([2H])[C@H](C(=O)N[C@@H]1COc2ncccc21)c1cccc(C(F)(F)F)c1Cl. The maximum absolute atomic E-state index is 13.1. The number of pyridine rings is 1. The van der Waals surface area contributed by atoms with E-state index in [1.54, 1.807) is 12.1 Å². The normalized spacial score (nSPS) is 19.8. The van der Waals surface area contributed by atoms with Crippen molar-refractivity contribution in [2.75, 3.05) is 6.61 Å². The molecule has 1 N–H and O–H groups in total. The minimum atomic E-state index is -4.78. The van der Waals surface area contributed by atoms with Crippen molar-refractivity contribution in [1.82, 2.24) is 10.3 Å². The van der Waals surface area contributed by atoms with Crippen LogP contribution in [0.2, 0.25) is 5.02 Å². The summed E-state index contributed by atoms with van der Waals surface area (Å²) in [6.07, 6.45) is -3.29. The van der Waals surface area contributed by atoms with E-state index < -0.39 is 47.0 Å². The van der Waals surface area contributed by atoms with Crippen molar-refractivity contribution in [2.45, 2.75) is 25.0 Å². The molecule has 2 heterocycles. The number of fused-ring (bicyclic) bond motifs is 1. The molecule has 3 rings (SSSR count). The molecule has 0 unspecified atom stereocenters. The molecule has 0 radical (unpaired) electrons. The molecule has 0 saturated heterocycles. The van der Waals surface area contributed by atoms with Crippen LogP contribution in [0.3, 0.4) is 0 Å². The van der Waals surface area contributed by atoms with Gasteiger partial charge in [0.15, 0.2) is 0 Å². The molecule has 1 aliphatic rings. The lowest BCUT2D eigenvalue weighted by Gasteiger charge is -2.19. The van der Waals surface area contributed by atoms with Gasteiger partial charge in [0, 0.05) is 15.9 Å². The second-order valence-electron chi connectivity index (χ2n) is 5.41. The molecular weight excluding hydrogens is 357 g/mol. The van der Waals surface area contributed by atoms with Gasteiger partial charge in [0.25, 0.3) is 0 Å². The first-order chi connectivity index (χ1) is 13.0. The summed E-state index contributed by atoms with van der Waals surface area (Å²) < 4.78 is 67.8. The van der Waals surface area contributed by atoms with Gasteiger partial charge in [0.2, 0.25) is 11.8 Å². The predicted molar refractivity (Wildman–Crippen MR) is 85.5 cm³/mol. The highest BCUT2D eigenvalue weighted by molar-refractivity contribution is 6.32. The Balaban J connectivity index is 1.96. The van der Waals surface area contributed by atoms with Crippen molar-refractivity contribution in [3.8, 4) is 5.88 Å². The van der Waals surface area contributed by atoms with E-state index in [0.29, 0.717) is 11.4 Å². The standard InChI is InChI=1S/C17H14ClF3N2O2/c1-9(10-4-2-6-12(14(10)18)17(19,20)21)15(24)23-13-8-25-16-11(13)5-3-7-22-16/h2-7,9,13H,8H2,1H3,(H,23,24)/t9-,13+/m0/s1/i1D3. The summed E-state index contributed by atoms with van der Waals surface area (Å²) in [6, 6.07) is 5.46. The molecule has 0 fully saturated rings. The zero-order valence-corrected chi connectivity index (χ0v) is 13.4. The van der Waals surface area contributed by atoms with Gasteiger partial charge in [-0.3, -0.25) is 4.79 Å². The number of hydrogen-bond donors (Lipinski definition) is 1. The maximum Gasteiger partial charge on any atom is 0.417 e. The molecule has 2 atom stereocenters. The quantitative estimate of drug-likeness (QED) is 0.881. The molecule has 1 aliphatic heterocycles. The molecular formula is C17H14ClF3N2O2. The van der Waals surface area contributed by atoms with Crippen LogP contribution in [0.5, 0.6) is 5.88 Å². The minimum absolute atomic E-state index is 0.0299. The summed E-state index contributed by atoms with van der Waals surface area (Å²) in [5.74, 6) is -2.56. The van der Waals surface area contributed by atoms with Gasteiger partial charge >= 0.3 is 6.18 Å². The van der Waals surface area contributed by atoms with Gasteiger partial charge in [-0.15, -0.1) is 0 Å². The predicted octanol–water partition coefficient (Wildman–Crippen LogP) is 4.11. The van der Waals surface area contributed by atoms with E-state index in [1.165, 1.54) is 6.20 Å². The Morgan fingerprint density at radius 2 is 2.24 bits per heavy atom. The third kappa shape index (κ3) is 3.42. The van der Waals surface area contributed by atoms with Gasteiger partial charge in [-0.2, -0.15) is 13.2 Å². The lowest BCUT2D eigenvalue weighted by atomic mass is 9.97. The van der Waals surface area contributed by atoms with Crippen molar-refractivity contribution in [2.24, 2.45) is 0 Å². The molecule has 2 aromatic rings. The van der Waals surface area contributed by atoms with Gasteiger partial charge in [-0.1, -0.05) is 23.7 Å². The zero-order valence-electron chi connectivity index (χ0n) is 15.6. The summed E-state index contributed by atoms with van der Waals surface area (Å²) in [5.41, 5.74) is -1.07. The van der Waals surface area contributed by atoms with Gasteiger partial charge in [0.05, 0.1) is 22.5 Å². The first kappa shape index (κ1) is 13.9. The van der Waals surface area contributed by atoms with Crippen molar-refractivity contribution < 1.29 is 26.8 Å². The van der Waals surface area contributed by atoms with Crippen LogP contribution < -0.4 is 10.1 Å². The largest absolute Gasteiger partial charge is 0.475 e. The maximum atomic E-state index is 13.1. The Morgan fingerprint density at radius 3 is 2.96 bits per heavy atom. The number of hydrogen-bond acceptors (Lipinski definition) is 3. The Kier molecular flexibility index (Phi) is 3.66. The highest BCUT2D eigenvalue weighted by atomic mass is 35.5. The molecule has 132 valence electrons. The number of carbonyl (C=O) groups is 1. The average molecular weight is 374 g/mol. The number of carbonyl (C=O) groups excluding carboxylic acids is 1. The fourth-order valence-electron chi connectivity index (χ4n) is 2.55. The Morgan fingerprint density at radius 1 is 1.44 bits per heavy atom. The van der Waals surface area contributed by atoms with Crippen LogP contribution in [0.1, 0.15) is 39.6 Å². The van der Waals surface area contributed by atoms with Crippen LogP contribution in [-0.4, -0.2) is 17.5 Å². The first-order valence-electron chi connectivity index (χ1n) is 8.74. The van der Waals surface area contributed by atoms with E-state index in [-0.39, 0.29) is 6.61 Å². The lowest BCUT2D eigenvalue weighted by molar-refractivity contribution is -0.137. The number of benzene rings is 1. The molecule has 8 heteroatoms. The summed E-state index contributed by atoms with van der Waals surface area (Å²) in [6.45, 7) is -2.89. The van der Waals surface area contributed by atoms with Crippen LogP contribution in [0.15, 0.2) is 36.5 Å². The Bertz CT molecular complexity index is 906. The van der Waals surface area contributed by atoms with Crippen LogP contribution >= 0.6 is 11.6 Å². The minimum Gasteiger partial charge on any atom is -0.475 e. The first-order valence-corrected chi connectivity index (χ1v) is 7.61.